The summed E-state index contributed by atoms with van der Waals surface area (Å²) in [5.74, 6) is 0. The van der Waals surface area contributed by atoms with Gasteiger partial charge in [0.15, 0.2) is 0 Å². The van der Waals surface area contributed by atoms with Crippen molar-refractivity contribution in [1.82, 2.24) is 5.32 Å². The van der Waals surface area contributed by atoms with Gasteiger partial charge in [0.1, 0.15) is 0 Å². The molecule has 1 aromatic carbocycles. The minimum absolute atomic E-state index is 0.230. The summed E-state index contributed by atoms with van der Waals surface area (Å²) in [6.07, 6.45) is 3.35. The van der Waals surface area contributed by atoms with E-state index in [1.165, 1.54) is 5.56 Å². The normalized spacial score (nSPS) is 11.7. The van der Waals surface area contributed by atoms with Crippen molar-refractivity contribution in [3.05, 3.63) is 34.9 Å². The predicted octanol–water partition coefficient (Wildman–Crippen LogP) is 3.66. The monoisotopic (exact) mass is 225 g/mol. The van der Waals surface area contributed by atoms with Crippen molar-refractivity contribution in [1.29, 1.82) is 0 Å². The van der Waals surface area contributed by atoms with Gasteiger partial charge in [-0.2, -0.15) is 0 Å². The van der Waals surface area contributed by atoms with Crippen LogP contribution in [0.1, 0.15) is 32.3 Å². The van der Waals surface area contributed by atoms with E-state index < -0.39 is 0 Å². The van der Waals surface area contributed by atoms with E-state index in [2.05, 4.69) is 31.3 Å². The lowest BCUT2D eigenvalue weighted by molar-refractivity contribution is 0.322. The fraction of sp³-hybridized carbons (Fsp3) is 0.538. The Morgan fingerprint density at radius 1 is 1.13 bits per heavy atom. The van der Waals surface area contributed by atoms with Gasteiger partial charge in [0.2, 0.25) is 0 Å². The molecule has 2 heteroatoms. The molecule has 1 N–H and O–H groups in total. The second-order valence-corrected chi connectivity index (χ2v) is 4.48. The Hall–Kier alpha value is -0.530. The molecule has 0 unspecified atom stereocenters. The molecule has 0 bridgehead atoms. The molecular formula is C13H20ClN. The van der Waals surface area contributed by atoms with Gasteiger partial charge in [-0.05, 0) is 44.0 Å². The SMILES string of the molecule is CCC(CC)(Cc1ccc(Cl)cc1)NC. The molecule has 0 aromatic heterocycles. The van der Waals surface area contributed by atoms with Crippen LogP contribution < -0.4 is 5.32 Å². The topological polar surface area (TPSA) is 12.0 Å². The Balaban J connectivity index is 2.78. The molecule has 0 spiro atoms. The van der Waals surface area contributed by atoms with Gasteiger partial charge in [0.25, 0.3) is 0 Å². The molecule has 84 valence electrons. The highest BCUT2D eigenvalue weighted by Gasteiger charge is 2.23. The van der Waals surface area contributed by atoms with Crippen molar-refractivity contribution < 1.29 is 0 Å². The highest BCUT2D eigenvalue weighted by molar-refractivity contribution is 6.30. The molecule has 0 aliphatic heterocycles. The Morgan fingerprint density at radius 2 is 1.67 bits per heavy atom. The highest BCUT2D eigenvalue weighted by Crippen LogP contribution is 2.21. The average Bonchev–Trinajstić information content (AvgIpc) is 2.29. The third-order valence-electron chi connectivity index (χ3n) is 3.34. The van der Waals surface area contributed by atoms with Crippen molar-refractivity contribution in [3.63, 3.8) is 0 Å². The number of rotatable bonds is 5. The average molecular weight is 226 g/mol. The van der Waals surface area contributed by atoms with Gasteiger partial charge in [-0.15, -0.1) is 0 Å². The second kappa shape index (κ2) is 5.53. The first kappa shape index (κ1) is 12.5. The van der Waals surface area contributed by atoms with Crippen LogP contribution >= 0.6 is 11.6 Å². The Bertz CT molecular complexity index is 280. The van der Waals surface area contributed by atoms with E-state index in [0.717, 1.165) is 24.3 Å². The molecule has 1 rings (SSSR count). The summed E-state index contributed by atoms with van der Waals surface area (Å²) in [6, 6.07) is 8.14. The fourth-order valence-corrected chi connectivity index (χ4v) is 2.06. The van der Waals surface area contributed by atoms with Crippen LogP contribution in [0, 0.1) is 0 Å². The molecule has 1 nitrogen and oxygen atoms in total. The highest BCUT2D eigenvalue weighted by atomic mass is 35.5. The molecule has 0 fully saturated rings. The zero-order valence-corrected chi connectivity index (χ0v) is 10.6. The Morgan fingerprint density at radius 3 is 2.07 bits per heavy atom. The number of benzene rings is 1. The minimum atomic E-state index is 0.230. The largest absolute Gasteiger partial charge is 0.314 e. The summed E-state index contributed by atoms with van der Waals surface area (Å²) >= 11 is 5.87. The fourth-order valence-electron chi connectivity index (χ4n) is 1.93. The summed E-state index contributed by atoms with van der Waals surface area (Å²) in [6.45, 7) is 4.46. The summed E-state index contributed by atoms with van der Waals surface area (Å²) < 4.78 is 0. The third kappa shape index (κ3) is 3.22. The van der Waals surface area contributed by atoms with Crippen LogP contribution in [0.15, 0.2) is 24.3 Å². The van der Waals surface area contributed by atoms with E-state index in [1.54, 1.807) is 0 Å². The molecule has 0 radical (unpaired) electrons. The van der Waals surface area contributed by atoms with Crippen molar-refractivity contribution in [2.24, 2.45) is 0 Å². The van der Waals surface area contributed by atoms with E-state index in [9.17, 15) is 0 Å². The van der Waals surface area contributed by atoms with Gasteiger partial charge in [-0.3, -0.25) is 0 Å². The van der Waals surface area contributed by atoms with E-state index >= 15 is 0 Å². The maximum absolute atomic E-state index is 5.87. The first-order valence-corrected chi connectivity index (χ1v) is 5.97. The van der Waals surface area contributed by atoms with Crippen LogP contribution in [0.4, 0.5) is 0 Å². The maximum Gasteiger partial charge on any atom is 0.0406 e. The first-order chi connectivity index (χ1) is 7.15. The van der Waals surface area contributed by atoms with Gasteiger partial charge in [0, 0.05) is 10.6 Å². The summed E-state index contributed by atoms with van der Waals surface area (Å²) in [4.78, 5) is 0. The van der Waals surface area contributed by atoms with Crippen LogP contribution in [0.25, 0.3) is 0 Å². The Labute approximate surface area is 97.8 Å². The smallest absolute Gasteiger partial charge is 0.0406 e. The molecule has 0 saturated carbocycles. The van der Waals surface area contributed by atoms with Gasteiger partial charge in [-0.1, -0.05) is 37.6 Å². The number of nitrogens with one attached hydrogen (secondary N) is 1. The van der Waals surface area contributed by atoms with E-state index in [-0.39, 0.29) is 5.54 Å². The number of hydrogen-bond acceptors (Lipinski definition) is 1. The third-order valence-corrected chi connectivity index (χ3v) is 3.59. The van der Waals surface area contributed by atoms with Crippen LogP contribution in [0.5, 0.6) is 0 Å². The van der Waals surface area contributed by atoms with Crippen LogP contribution in [0.2, 0.25) is 5.02 Å². The number of likely N-dealkylation sites (N-methyl/N-ethyl adjacent to an activating group) is 1. The zero-order valence-electron chi connectivity index (χ0n) is 9.81. The van der Waals surface area contributed by atoms with Crippen molar-refractivity contribution in [2.75, 3.05) is 7.05 Å². The number of hydrogen-bond donors (Lipinski definition) is 1. The van der Waals surface area contributed by atoms with Crippen molar-refractivity contribution >= 4 is 11.6 Å². The lowest BCUT2D eigenvalue weighted by Crippen LogP contribution is -2.43. The van der Waals surface area contributed by atoms with Gasteiger partial charge in [-0.25, -0.2) is 0 Å². The molecule has 0 heterocycles. The minimum Gasteiger partial charge on any atom is -0.314 e. The predicted molar refractivity (Wildman–Crippen MR) is 67.5 cm³/mol. The van der Waals surface area contributed by atoms with E-state index in [0.29, 0.717) is 0 Å². The molecule has 0 aliphatic rings. The summed E-state index contributed by atoms with van der Waals surface area (Å²) in [5.41, 5.74) is 1.57. The van der Waals surface area contributed by atoms with E-state index in [1.807, 2.05) is 19.2 Å². The molecule has 15 heavy (non-hydrogen) atoms. The van der Waals surface area contributed by atoms with Crippen molar-refractivity contribution in [2.45, 2.75) is 38.6 Å². The van der Waals surface area contributed by atoms with Gasteiger partial charge in [0.05, 0.1) is 0 Å². The van der Waals surface area contributed by atoms with Gasteiger partial charge < -0.3 is 5.32 Å². The summed E-state index contributed by atoms with van der Waals surface area (Å²) in [7, 11) is 2.04. The molecule has 0 amide bonds. The second-order valence-electron chi connectivity index (χ2n) is 4.04. The van der Waals surface area contributed by atoms with Crippen LogP contribution in [-0.2, 0) is 6.42 Å². The summed E-state index contributed by atoms with van der Waals surface area (Å²) in [5, 5.41) is 4.25. The molecule has 0 atom stereocenters. The van der Waals surface area contributed by atoms with E-state index in [4.69, 9.17) is 11.6 Å². The van der Waals surface area contributed by atoms with Crippen molar-refractivity contribution in [3.8, 4) is 0 Å². The zero-order chi connectivity index (χ0) is 11.3. The lowest BCUT2D eigenvalue weighted by atomic mass is 9.86. The van der Waals surface area contributed by atoms with Crippen LogP contribution in [-0.4, -0.2) is 12.6 Å². The Kier molecular flexibility index (Phi) is 4.62. The van der Waals surface area contributed by atoms with Crippen LogP contribution in [0.3, 0.4) is 0 Å². The molecule has 0 aliphatic carbocycles. The maximum atomic E-state index is 5.87. The standard InChI is InChI=1S/C13H20ClN/c1-4-13(5-2,15-3)10-11-6-8-12(14)9-7-11/h6-9,15H,4-5,10H2,1-3H3. The van der Waals surface area contributed by atoms with Gasteiger partial charge >= 0.3 is 0 Å². The molecular weight excluding hydrogens is 206 g/mol. The lowest BCUT2D eigenvalue weighted by Gasteiger charge is -2.31. The number of halogens is 1. The quantitative estimate of drug-likeness (QED) is 0.807. The first-order valence-electron chi connectivity index (χ1n) is 5.59. The molecule has 1 aromatic rings. The molecule has 0 saturated heterocycles.